The van der Waals surface area contributed by atoms with Crippen LogP contribution in [0.15, 0.2) is 24.3 Å². The highest BCUT2D eigenvalue weighted by atomic mass is 28.3. The van der Waals surface area contributed by atoms with Crippen molar-refractivity contribution in [2.75, 3.05) is 0 Å². The maximum atomic E-state index is 12.3. The first kappa shape index (κ1) is 14.3. The predicted octanol–water partition coefficient (Wildman–Crippen LogP) is 4.51. The molecule has 0 saturated heterocycles. The summed E-state index contributed by atoms with van der Waals surface area (Å²) in [6.07, 6.45) is -3.29. The molecule has 96 valence electrons. The molecule has 0 aliphatic carbocycles. The lowest BCUT2D eigenvalue weighted by Gasteiger charge is -2.11. The van der Waals surface area contributed by atoms with Crippen molar-refractivity contribution in [1.82, 2.24) is 0 Å². The van der Waals surface area contributed by atoms with Crippen LogP contribution in [0.4, 0.5) is 13.2 Å². The third-order valence-electron chi connectivity index (χ3n) is 3.28. The Morgan fingerprint density at radius 3 is 1.94 bits per heavy atom. The van der Waals surface area contributed by atoms with Crippen LogP contribution >= 0.6 is 0 Å². The molecule has 4 heteroatoms. The lowest BCUT2D eigenvalue weighted by Crippen LogP contribution is -2.10. The molecule has 0 saturated carbocycles. The van der Waals surface area contributed by atoms with Crippen LogP contribution in [0.2, 0.25) is 18.1 Å². The highest BCUT2D eigenvalue weighted by Crippen LogP contribution is 2.29. The number of hydrogen-bond donors (Lipinski definition) is 0. The minimum atomic E-state index is -4.22. The van der Waals surface area contributed by atoms with Gasteiger partial charge in [0.05, 0.1) is 5.56 Å². The van der Waals surface area contributed by atoms with Crippen molar-refractivity contribution in [3.8, 4) is 0 Å². The molecular weight excluding hydrogens is 241 g/mol. The van der Waals surface area contributed by atoms with Crippen LogP contribution in [-0.4, -0.2) is 8.80 Å². The van der Waals surface area contributed by atoms with E-state index < -0.39 is 20.5 Å². The molecule has 17 heavy (non-hydrogen) atoms. The molecule has 0 spiro atoms. The fourth-order valence-corrected chi connectivity index (χ4v) is 4.06. The van der Waals surface area contributed by atoms with Gasteiger partial charge in [-0.25, -0.2) is 0 Å². The van der Waals surface area contributed by atoms with Gasteiger partial charge < -0.3 is 0 Å². The van der Waals surface area contributed by atoms with E-state index in [0.29, 0.717) is 0 Å². The predicted molar refractivity (Wildman–Crippen MR) is 68.1 cm³/mol. The number of rotatable bonds is 5. The normalized spacial score (nSPS) is 12.1. The zero-order valence-corrected chi connectivity index (χ0v) is 11.5. The second kappa shape index (κ2) is 6.24. The molecule has 0 heterocycles. The summed E-state index contributed by atoms with van der Waals surface area (Å²) in [4.78, 5) is 0. The monoisotopic (exact) mass is 260 g/mol. The van der Waals surface area contributed by atoms with Crippen molar-refractivity contribution < 1.29 is 13.2 Å². The van der Waals surface area contributed by atoms with Crippen molar-refractivity contribution in [1.29, 1.82) is 0 Å². The highest BCUT2D eigenvalue weighted by Gasteiger charge is 2.29. The summed E-state index contributed by atoms with van der Waals surface area (Å²) in [6.45, 7) is 4.43. The summed E-state index contributed by atoms with van der Waals surface area (Å²) in [7, 11) is -0.630. The van der Waals surface area contributed by atoms with E-state index in [1.807, 2.05) is 0 Å². The molecular formula is C13H19F3Si. The zero-order valence-electron chi connectivity index (χ0n) is 10.3. The van der Waals surface area contributed by atoms with E-state index in [1.165, 1.54) is 30.3 Å². The third-order valence-corrected chi connectivity index (χ3v) is 6.69. The Labute approximate surface area is 102 Å². The van der Waals surface area contributed by atoms with Crippen LogP contribution in [0.3, 0.4) is 0 Å². The smallest absolute Gasteiger partial charge is 0.166 e. The number of hydrogen-bond acceptors (Lipinski definition) is 0. The average Bonchev–Trinajstić information content (AvgIpc) is 2.30. The first-order chi connectivity index (χ1) is 7.97. The zero-order chi connectivity index (χ0) is 12.9. The van der Waals surface area contributed by atoms with Gasteiger partial charge in [0.2, 0.25) is 0 Å². The number of aryl methyl sites for hydroxylation is 1. The second-order valence-electron chi connectivity index (χ2n) is 4.42. The highest BCUT2D eigenvalue weighted by molar-refractivity contribution is 6.58. The Morgan fingerprint density at radius 1 is 1.00 bits per heavy atom. The lowest BCUT2D eigenvalue weighted by molar-refractivity contribution is -0.137. The molecule has 0 radical (unpaired) electrons. The fraction of sp³-hybridized carbons (Fsp3) is 0.538. The van der Waals surface area contributed by atoms with Crippen molar-refractivity contribution in [2.24, 2.45) is 0 Å². The largest absolute Gasteiger partial charge is 0.416 e. The molecule has 0 fully saturated rings. The number of halogens is 3. The molecule has 0 unspecified atom stereocenters. The first-order valence-corrected chi connectivity index (χ1v) is 8.58. The minimum absolute atomic E-state index is 0.555. The maximum Gasteiger partial charge on any atom is 0.416 e. The van der Waals surface area contributed by atoms with Crippen LogP contribution in [-0.2, 0) is 12.6 Å². The summed E-state index contributed by atoms with van der Waals surface area (Å²) in [5.74, 6) is 0. The van der Waals surface area contributed by atoms with E-state index in [9.17, 15) is 13.2 Å². The van der Waals surface area contributed by atoms with Crippen LogP contribution in [0.25, 0.3) is 0 Å². The molecule has 1 rings (SSSR count). The van der Waals surface area contributed by atoms with E-state index in [2.05, 4.69) is 13.8 Å². The molecule has 0 bridgehead atoms. The summed E-state index contributed by atoms with van der Waals surface area (Å²) >= 11 is 0. The Balaban J connectivity index is 2.57. The quantitative estimate of drug-likeness (QED) is 0.683. The molecule has 0 N–H and O–H groups in total. The van der Waals surface area contributed by atoms with Gasteiger partial charge in [-0.15, -0.1) is 0 Å². The van der Waals surface area contributed by atoms with Crippen LogP contribution in [0.5, 0.6) is 0 Å². The fourth-order valence-electron chi connectivity index (χ4n) is 1.93. The van der Waals surface area contributed by atoms with Crippen LogP contribution in [0.1, 0.15) is 25.0 Å². The average molecular weight is 260 g/mol. The Bertz CT molecular complexity index is 326. The van der Waals surface area contributed by atoms with Gasteiger partial charge in [0, 0.05) is 8.80 Å². The van der Waals surface area contributed by atoms with Gasteiger partial charge in [-0.2, -0.15) is 13.2 Å². The molecule has 0 amide bonds. The number of benzene rings is 1. The number of alkyl halides is 3. The summed E-state index contributed by atoms with van der Waals surface area (Å²) in [5, 5.41) is 0. The standard InChI is InChI=1S/C13H19F3Si/c1-3-17(4-2)10-9-11-5-7-12(8-6-11)13(14,15)16/h5-8,17H,3-4,9-10H2,1-2H3. The summed E-state index contributed by atoms with van der Waals surface area (Å²) < 4.78 is 37.0. The van der Waals surface area contributed by atoms with Crippen molar-refractivity contribution >= 4 is 8.80 Å². The van der Waals surface area contributed by atoms with E-state index >= 15 is 0 Å². The van der Waals surface area contributed by atoms with Crippen molar-refractivity contribution in [3.05, 3.63) is 35.4 Å². The van der Waals surface area contributed by atoms with E-state index in [-0.39, 0.29) is 0 Å². The van der Waals surface area contributed by atoms with Gasteiger partial charge in [0.25, 0.3) is 0 Å². The molecule has 1 aromatic rings. The first-order valence-electron chi connectivity index (χ1n) is 6.13. The van der Waals surface area contributed by atoms with Gasteiger partial charge in [0.15, 0.2) is 0 Å². The van der Waals surface area contributed by atoms with Gasteiger partial charge in [0.1, 0.15) is 0 Å². The van der Waals surface area contributed by atoms with Crippen molar-refractivity contribution in [2.45, 2.75) is 44.6 Å². The molecule has 0 aliphatic rings. The molecule has 0 nitrogen and oxygen atoms in total. The Hall–Kier alpha value is -0.773. The van der Waals surface area contributed by atoms with Gasteiger partial charge in [-0.3, -0.25) is 0 Å². The SMILES string of the molecule is CC[SiH](CC)CCc1ccc(C(F)(F)F)cc1. The van der Waals surface area contributed by atoms with Gasteiger partial charge in [-0.05, 0) is 24.1 Å². The maximum absolute atomic E-state index is 12.3. The third kappa shape index (κ3) is 4.54. The summed E-state index contributed by atoms with van der Waals surface area (Å²) in [5.41, 5.74) is 0.471. The van der Waals surface area contributed by atoms with E-state index in [0.717, 1.165) is 12.0 Å². The summed E-state index contributed by atoms with van der Waals surface area (Å²) in [6, 6.07) is 9.33. The molecule has 0 aromatic heterocycles. The lowest BCUT2D eigenvalue weighted by atomic mass is 10.1. The van der Waals surface area contributed by atoms with Gasteiger partial charge >= 0.3 is 6.18 Å². The van der Waals surface area contributed by atoms with Gasteiger partial charge in [-0.1, -0.05) is 44.1 Å². The van der Waals surface area contributed by atoms with Crippen molar-refractivity contribution in [3.63, 3.8) is 0 Å². The molecule has 1 aromatic carbocycles. The van der Waals surface area contributed by atoms with Crippen LogP contribution < -0.4 is 0 Å². The van der Waals surface area contributed by atoms with E-state index in [4.69, 9.17) is 0 Å². The Morgan fingerprint density at radius 2 is 1.53 bits per heavy atom. The topological polar surface area (TPSA) is 0 Å². The van der Waals surface area contributed by atoms with Crippen LogP contribution in [0, 0.1) is 0 Å². The second-order valence-corrected chi connectivity index (χ2v) is 8.36. The molecule has 0 aliphatic heterocycles. The Kier molecular flexibility index (Phi) is 5.24. The molecule has 0 atom stereocenters. The van der Waals surface area contributed by atoms with E-state index in [1.54, 1.807) is 12.1 Å². The minimum Gasteiger partial charge on any atom is -0.166 e.